The molecule has 2 atom stereocenters. The van der Waals surface area contributed by atoms with Crippen LogP contribution in [-0.4, -0.2) is 44.8 Å². The first-order valence-electron chi connectivity index (χ1n) is 7.75. The molecule has 21 heavy (non-hydrogen) atoms. The molecule has 0 spiro atoms. The van der Waals surface area contributed by atoms with Gasteiger partial charge in [0.2, 0.25) is 0 Å². The van der Waals surface area contributed by atoms with Crippen molar-refractivity contribution in [1.29, 1.82) is 0 Å². The number of amides is 1. The predicted octanol–water partition coefficient (Wildman–Crippen LogP) is 3.28. The van der Waals surface area contributed by atoms with Crippen LogP contribution in [0.1, 0.15) is 41.5 Å². The van der Waals surface area contributed by atoms with E-state index in [0.717, 1.165) is 6.54 Å². The Labute approximate surface area is 131 Å². The maximum absolute atomic E-state index is 10.9. The van der Waals surface area contributed by atoms with Crippen LogP contribution in [0.5, 0.6) is 0 Å². The van der Waals surface area contributed by atoms with Crippen molar-refractivity contribution in [2.24, 2.45) is 5.92 Å². The molecule has 0 aliphatic heterocycles. The zero-order valence-electron chi connectivity index (χ0n) is 14.9. The quantitative estimate of drug-likeness (QED) is 0.601. The first-order chi connectivity index (χ1) is 9.36. The Bertz CT molecular complexity index is 327. The van der Waals surface area contributed by atoms with Gasteiger partial charge in [-0.2, -0.15) is 0 Å². The van der Waals surface area contributed by atoms with Crippen LogP contribution < -0.4 is 10.6 Å². The Kier molecular flexibility index (Phi) is 7.92. The van der Waals surface area contributed by atoms with E-state index in [4.69, 9.17) is 9.53 Å². The molecule has 0 saturated carbocycles. The van der Waals surface area contributed by atoms with Gasteiger partial charge in [-0.15, -0.1) is 0 Å². The van der Waals surface area contributed by atoms with Crippen molar-refractivity contribution in [3.8, 4) is 0 Å². The monoisotopic (exact) mass is 318 g/mol. The Morgan fingerprint density at radius 2 is 1.71 bits per heavy atom. The van der Waals surface area contributed by atoms with Crippen LogP contribution >= 0.6 is 0 Å². The summed E-state index contributed by atoms with van der Waals surface area (Å²) in [5.41, 5.74) is 0. The third kappa shape index (κ3) is 7.83. The molecule has 0 radical (unpaired) electrons. The van der Waals surface area contributed by atoms with Gasteiger partial charge in [-0.05, 0) is 37.5 Å². The van der Waals surface area contributed by atoms with Gasteiger partial charge in [-0.25, -0.2) is 4.79 Å². The van der Waals surface area contributed by atoms with E-state index in [9.17, 15) is 4.79 Å². The molecule has 0 heterocycles. The predicted molar refractivity (Wildman–Crippen MR) is 90.4 cm³/mol. The molecule has 1 amide bonds. The molecule has 0 aliphatic rings. The molecule has 126 valence electrons. The van der Waals surface area contributed by atoms with E-state index in [1.807, 2.05) is 6.92 Å². The van der Waals surface area contributed by atoms with Crippen molar-refractivity contribution < 1.29 is 14.3 Å². The Hall–Kier alpha value is -0.593. The fraction of sp³-hybridized carbons (Fsp3) is 0.933. The molecular weight excluding hydrogens is 284 g/mol. The minimum Gasteiger partial charge on any atom is -0.465 e. The molecule has 3 N–H and O–H groups in total. The van der Waals surface area contributed by atoms with Gasteiger partial charge in [-0.3, -0.25) is 0 Å². The van der Waals surface area contributed by atoms with E-state index >= 15 is 0 Å². The van der Waals surface area contributed by atoms with Gasteiger partial charge in [0.25, 0.3) is 0 Å². The van der Waals surface area contributed by atoms with Crippen LogP contribution in [-0.2, 0) is 4.43 Å². The molecule has 0 aromatic carbocycles. The highest BCUT2D eigenvalue weighted by Crippen LogP contribution is 2.37. The van der Waals surface area contributed by atoms with Crippen LogP contribution in [0.2, 0.25) is 18.1 Å². The van der Waals surface area contributed by atoms with Crippen LogP contribution in [0.4, 0.5) is 4.79 Å². The van der Waals surface area contributed by atoms with Gasteiger partial charge in [0.15, 0.2) is 8.32 Å². The van der Waals surface area contributed by atoms with Gasteiger partial charge in [0.1, 0.15) is 0 Å². The summed E-state index contributed by atoms with van der Waals surface area (Å²) in [6.07, 6.45) is -1.16. The third-order valence-electron chi connectivity index (χ3n) is 4.06. The molecule has 0 rings (SSSR count). The van der Waals surface area contributed by atoms with E-state index < -0.39 is 14.4 Å². The number of nitrogens with one attached hydrogen (secondary N) is 2. The second-order valence-electron chi connectivity index (χ2n) is 7.71. The lowest BCUT2D eigenvalue weighted by molar-refractivity contribution is 0.130. The van der Waals surface area contributed by atoms with Crippen molar-refractivity contribution in [2.45, 2.75) is 71.8 Å². The Morgan fingerprint density at radius 1 is 1.19 bits per heavy atom. The van der Waals surface area contributed by atoms with E-state index in [-0.39, 0.29) is 17.2 Å². The average molecular weight is 319 g/mol. The zero-order valence-corrected chi connectivity index (χ0v) is 15.9. The van der Waals surface area contributed by atoms with Crippen LogP contribution in [0.3, 0.4) is 0 Å². The third-order valence-corrected chi connectivity index (χ3v) is 8.56. The topological polar surface area (TPSA) is 70.6 Å². The zero-order chi connectivity index (χ0) is 16.8. The summed E-state index contributed by atoms with van der Waals surface area (Å²) in [4.78, 5) is 10.9. The maximum Gasteiger partial charge on any atom is 0.404 e. The van der Waals surface area contributed by atoms with E-state index in [2.05, 4.69) is 58.3 Å². The van der Waals surface area contributed by atoms with Crippen LogP contribution in [0.15, 0.2) is 0 Å². The van der Waals surface area contributed by atoms with Gasteiger partial charge in [0, 0.05) is 6.54 Å². The second-order valence-corrected chi connectivity index (χ2v) is 12.5. The molecule has 5 nitrogen and oxygen atoms in total. The van der Waals surface area contributed by atoms with Crippen LogP contribution in [0, 0.1) is 5.92 Å². The lowest BCUT2D eigenvalue weighted by Gasteiger charge is -2.41. The van der Waals surface area contributed by atoms with Gasteiger partial charge in [-0.1, -0.05) is 34.6 Å². The summed E-state index contributed by atoms with van der Waals surface area (Å²) in [7, 11) is -1.93. The summed E-state index contributed by atoms with van der Waals surface area (Å²) in [6, 6.07) is -0.240. The van der Waals surface area contributed by atoms with E-state index in [1.54, 1.807) is 0 Å². The number of hydrogen-bond acceptors (Lipinski definition) is 3. The number of carbonyl (C=O) groups is 1. The molecule has 0 aromatic heterocycles. The SMILES string of the molecule is CC(C)CNC[C@@H](O[Si](C)(C)C(C)(C)C)[C@@H](C)NC(=O)O. The molecule has 0 fully saturated rings. The van der Waals surface area contributed by atoms with Crippen molar-refractivity contribution in [3.63, 3.8) is 0 Å². The standard InChI is InChI=1S/C15H34N2O3Si/c1-11(2)9-16-10-13(12(3)17-14(18)19)20-21(7,8)15(4,5)6/h11-13,16-17H,9-10H2,1-8H3,(H,18,19)/t12-,13-/m1/s1. The van der Waals surface area contributed by atoms with Crippen molar-refractivity contribution in [1.82, 2.24) is 10.6 Å². The van der Waals surface area contributed by atoms with Gasteiger partial charge >= 0.3 is 6.09 Å². The number of rotatable bonds is 8. The fourth-order valence-electron chi connectivity index (χ4n) is 1.68. The van der Waals surface area contributed by atoms with Gasteiger partial charge in [0.05, 0.1) is 12.1 Å². The smallest absolute Gasteiger partial charge is 0.404 e. The van der Waals surface area contributed by atoms with Crippen molar-refractivity contribution in [2.75, 3.05) is 13.1 Å². The van der Waals surface area contributed by atoms with Crippen molar-refractivity contribution in [3.05, 3.63) is 0 Å². The molecule has 0 unspecified atom stereocenters. The molecule has 0 aromatic rings. The van der Waals surface area contributed by atoms with Crippen LogP contribution in [0.25, 0.3) is 0 Å². The molecule has 0 aliphatic carbocycles. The minimum atomic E-state index is -1.93. The molecule has 6 heteroatoms. The highest BCUT2D eigenvalue weighted by atomic mass is 28.4. The summed E-state index contributed by atoms with van der Waals surface area (Å²) >= 11 is 0. The number of carboxylic acid groups (broad SMARTS) is 1. The fourth-order valence-corrected chi connectivity index (χ4v) is 3.08. The summed E-state index contributed by atoms with van der Waals surface area (Å²) in [5.74, 6) is 0.557. The summed E-state index contributed by atoms with van der Waals surface area (Å²) < 4.78 is 6.40. The molecule has 0 saturated heterocycles. The first-order valence-corrected chi connectivity index (χ1v) is 10.7. The van der Waals surface area contributed by atoms with E-state index in [0.29, 0.717) is 12.5 Å². The average Bonchev–Trinajstić information content (AvgIpc) is 2.24. The highest BCUT2D eigenvalue weighted by Gasteiger charge is 2.40. The van der Waals surface area contributed by atoms with Gasteiger partial charge < -0.3 is 20.2 Å². The van der Waals surface area contributed by atoms with Crippen molar-refractivity contribution >= 4 is 14.4 Å². The molecular formula is C15H34N2O3Si. The second kappa shape index (κ2) is 8.15. The Balaban J connectivity index is 4.83. The number of hydrogen-bond donors (Lipinski definition) is 3. The first kappa shape index (κ1) is 20.4. The normalized spacial score (nSPS) is 15.9. The largest absolute Gasteiger partial charge is 0.465 e. The lowest BCUT2D eigenvalue weighted by atomic mass is 10.1. The lowest BCUT2D eigenvalue weighted by Crippen LogP contribution is -2.54. The molecule has 0 bridgehead atoms. The summed E-state index contributed by atoms with van der Waals surface area (Å²) in [5, 5.41) is 14.9. The van der Waals surface area contributed by atoms with E-state index in [1.165, 1.54) is 0 Å². The maximum atomic E-state index is 10.9. The highest BCUT2D eigenvalue weighted by molar-refractivity contribution is 6.74. The minimum absolute atomic E-state index is 0.103. The summed E-state index contributed by atoms with van der Waals surface area (Å²) in [6.45, 7) is 18.7. The Morgan fingerprint density at radius 3 is 2.10 bits per heavy atom.